The van der Waals surface area contributed by atoms with Crippen molar-refractivity contribution in [3.63, 3.8) is 0 Å². The van der Waals surface area contributed by atoms with E-state index >= 15 is 0 Å². The van der Waals surface area contributed by atoms with Gasteiger partial charge in [0.1, 0.15) is 0 Å². The largest absolute Gasteiger partial charge is 0.125 e. The second-order valence-corrected chi connectivity index (χ2v) is 16.9. The van der Waals surface area contributed by atoms with Crippen LogP contribution in [-0.4, -0.2) is 5.16 Å². The van der Waals surface area contributed by atoms with E-state index in [2.05, 4.69) is 84.0 Å². The van der Waals surface area contributed by atoms with Crippen LogP contribution in [0.2, 0.25) is 0 Å². The van der Waals surface area contributed by atoms with Crippen LogP contribution in [0, 0.1) is 28.6 Å². The summed E-state index contributed by atoms with van der Waals surface area (Å²) in [4.78, 5) is 0. The minimum atomic E-state index is -0.226. The highest BCUT2D eigenvalue weighted by Gasteiger charge is 2.55. The van der Waals surface area contributed by atoms with Crippen LogP contribution in [0.4, 0.5) is 0 Å². The monoisotopic (exact) mass is 434 g/mol. The van der Waals surface area contributed by atoms with E-state index in [9.17, 15) is 0 Å². The van der Waals surface area contributed by atoms with Gasteiger partial charge < -0.3 is 0 Å². The number of hydrogen-bond acceptors (Lipinski definition) is 0. The molecule has 4 aliphatic rings. The molecule has 4 saturated carbocycles. The lowest BCUT2D eigenvalue weighted by atomic mass is 9.56. The summed E-state index contributed by atoms with van der Waals surface area (Å²) in [7, 11) is 6.56. The van der Waals surface area contributed by atoms with Gasteiger partial charge in [0.15, 0.2) is 0 Å². The molecule has 4 aliphatic carbocycles. The van der Waals surface area contributed by atoms with Crippen molar-refractivity contribution < 1.29 is 0 Å². The summed E-state index contributed by atoms with van der Waals surface area (Å²) in [6.07, 6.45) is 9.09. The predicted octanol–water partition coefficient (Wildman–Crippen LogP) is 7.72. The maximum atomic E-state index is 3.43. The van der Waals surface area contributed by atoms with Crippen molar-refractivity contribution in [3.05, 3.63) is 29.8 Å². The Hall–Kier alpha value is 0.510. The SMILES string of the molecule is CC(C)(C)C(P)(c1ccccc1P(P)C12CC3CC(CC(C3)C1)C2)C(C)(C)C. The molecule has 5 rings (SSSR count). The summed E-state index contributed by atoms with van der Waals surface area (Å²) < 4.78 is 0. The second kappa shape index (κ2) is 7.01. The van der Waals surface area contributed by atoms with Gasteiger partial charge in [-0.1, -0.05) is 65.8 Å². The van der Waals surface area contributed by atoms with E-state index in [4.69, 9.17) is 0 Å². The fourth-order valence-corrected chi connectivity index (χ4v) is 12.2. The Morgan fingerprint density at radius 3 is 1.68 bits per heavy atom. The second-order valence-electron chi connectivity index (χ2n) is 12.3. The van der Waals surface area contributed by atoms with Crippen LogP contribution < -0.4 is 5.30 Å². The Bertz CT molecular complexity index is 688. The lowest BCUT2D eigenvalue weighted by molar-refractivity contribution is 0.0368. The summed E-state index contributed by atoms with van der Waals surface area (Å²) in [6, 6.07) is 9.53. The number of benzene rings is 1. The normalized spacial score (nSPS) is 33.9. The first kappa shape index (κ1) is 21.7. The van der Waals surface area contributed by atoms with Crippen molar-refractivity contribution in [3.8, 4) is 0 Å². The van der Waals surface area contributed by atoms with Gasteiger partial charge in [-0.3, -0.25) is 0 Å². The predicted molar refractivity (Wildman–Crippen MR) is 134 cm³/mol. The molecule has 1 aromatic carbocycles. The fraction of sp³-hybridized carbons (Fsp3) is 0.760. The number of rotatable bonds is 3. The zero-order valence-corrected chi connectivity index (χ0v) is 22.1. The van der Waals surface area contributed by atoms with Crippen molar-refractivity contribution in [1.29, 1.82) is 0 Å². The van der Waals surface area contributed by atoms with Crippen LogP contribution in [0.1, 0.15) is 85.6 Å². The molecule has 3 unspecified atom stereocenters. The zero-order chi connectivity index (χ0) is 20.5. The van der Waals surface area contributed by atoms with Gasteiger partial charge in [-0.25, -0.2) is 0 Å². The quantitative estimate of drug-likeness (QED) is 0.427. The molecule has 28 heavy (non-hydrogen) atoms. The molecule has 0 heterocycles. The zero-order valence-electron chi connectivity index (χ0n) is 18.9. The van der Waals surface area contributed by atoms with Gasteiger partial charge in [0.25, 0.3) is 0 Å². The lowest BCUT2D eigenvalue weighted by Gasteiger charge is -2.60. The van der Waals surface area contributed by atoms with Crippen molar-refractivity contribution >= 4 is 31.1 Å². The molecule has 0 spiro atoms. The van der Waals surface area contributed by atoms with Crippen LogP contribution in [-0.2, 0) is 5.16 Å². The van der Waals surface area contributed by atoms with E-state index < -0.39 is 0 Å². The molecule has 3 heteroatoms. The molecule has 0 N–H and O–H groups in total. The van der Waals surface area contributed by atoms with Crippen molar-refractivity contribution in [2.75, 3.05) is 0 Å². The molecule has 0 aromatic heterocycles. The van der Waals surface area contributed by atoms with E-state index in [0.717, 1.165) is 17.8 Å². The molecule has 156 valence electrons. The van der Waals surface area contributed by atoms with Gasteiger partial charge in [0.05, 0.1) is 0 Å². The smallest absolute Gasteiger partial charge is 0.0200 e. The average Bonchev–Trinajstić information content (AvgIpc) is 2.57. The highest BCUT2D eigenvalue weighted by atomic mass is 32.0. The van der Waals surface area contributed by atoms with Crippen LogP contribution in [0.3, 0.4) is 0 Å². The van der Waals surface area contributed by atoms with Crippen molar-refractivity contribution in [2.24, 2.45) is 28.6 Å². The van der Waals surface area contributed by atoms with E-state index in [1.165, 1.54) is 38.5 Å². The summed E-state index contributed by atoms with van der Waals surface area (Å²) >= 11 is 0. The Balaban J connectivity index is 1.80. The van der Waals surface area contributed by atoms with Crippen LogP contribution in [0.15, 0.2) is 24.3 Å². The summed E-state index contributed by atoms with van der Waals surface area (Å²) in [5, 5.41) is 2.31. The Morgan fingerprint density at radius 2 is 1.25 bits per heavy atom. The van der Waals surface area contributed by atoms with Crippen molar-refractivity contribution in [2.45, 2.75) is 90.4 Å². The van der Waals surface area contributed by atoms with E-state index in [-0.39, 0.29) is 23.6 Å². The molecule has 4 bridgehead atoms. The van der Waals surface area contributed by atoms with Gasteiger partial charge in [-0.05, 0) is 90.7 Å². The first-order valence-corrected chi connectivity index (χ1v) is 14.8. The molecule has 1 aromatic rings. The molecule has 0 saturated heterocycles. The summed E-state index contributed by atoms with van der Waals surface area (Å²) in [5.41, 5.74) is 1.94. The fourth-order valence-electron chi connectivity index (χ4n) is 7.57. The highest BCUT2D eigenvalue weighted by molar-refractivity contribution is 8.18. The minimum absolute atomic E-state index is 0.0516. The van der Waals surface area contributed by atoms with Crippen LogP contribution >= 0.6 is 25.8 Å². The molecule has 3 atom stereocenters. The molecule has 0 amide bonds. The first-order chi connectivity index (χ1) is 12.9. The molecule has 0 radical (unpaired) electrons. The topological polar surface area (TPSA) is 0 Å². The molecular weight excluding hydrogens is 393 g/mol. The third-order valence-electron chi connectivity index (χ3n) is 8.47. The third-order valence-corrected chi connectivity index (χ3v) is 15.5. The van der Waals surface area contributed by atoms with E-state index in [1.54, 1.807) is 10.9 Å². The summed E-state index contributed by atoms with van der Waals surface area (Å²) in [6.45, 7) is 14.6. The van der Waals surface area contributed by atoms with Crippen LogP contribution in [0.5, 0.6) is 0 Å². The maximum Gasteiger partial charge on any atom is 0.0200 e. The van der Waals surface area contributed by atoms with E-state index in [1.807, 2.05) is 0 Å². The number of hydrogen-bond donors (Lipinski definition) is 0. The Labute approximate surface area is 179 Å². The maximum absolute atomic E-state index is 3.43. The third kappa shape index (κ3) is 3.28. The summed E-state index contributed by atoms with van der Waals surface area (Å²) in [5.74, 6) is 3.07. The van der Waals surface area contributed by atoms with Crippen LogP contribution in [0.25, 0.3) is 0 Å². The Kier molecular flexibility index (Phi) is 5.44. The van der Waals surface area contributed by atoms with Gasteiger partial charge in [0.2, 0.25) is 0 Å². The standard InChI is InChI=1S/C25H41P3/c1-22(2,3)25(26,23(4,5)6)20-9-7-8-10-21(20)28(27)24-14-17-11-18(15-24)13-19(12-17)16-24/h7-10,17-19H,11-16,26-27H2,1-6H3. The first-order valence-electron chi connectivity index (χ1n) is 11.3. The van der Waals surface area contributed by atoms with Gasteiger partial charge in [-0.2, -0.15) is 0 Å². The van der Waals surface area contributed by atoms with Crippen molar-refractivity contribution in [1.82, 2.24) is 0 Å². The minimum Gasteiger partial charge on any atom is -0.125 e. The van der Waals surface area contributed by atoms with Gasteiger partial charge >= 0.3 is 0 Å². The van der Waals surface area contributed by atoms with Gasteiger partial charge in [0, 0.05) is 5.16 Å². The highest BCUT2D eigenvalue weighted by Crippen LogP contribution is 2.72. The lowest BCUT2D eigenvalue weighted by Crippen LogP contribution is -2.51. The molecule has 4 fully saturated rings. The molecule has 0 aliphatic heterocycles. The Morgan fingerprint density at radius 1 is 0.821 bits per heavy atom. The molecular formula is C25H41P3. The molecule has 0 nitrogen and oxygen atoms in total. The average molecular weight is 435 g/mol. The van der Waals surface area contributed by atoms with E-state index in [0.29, 0.717) is 5.16 Å². The van der Waals surface area contributed by atoms with Gasteiger partial charge in [-0.15, -0.1) is 18.2 Å².